The molecule has 0 N–H and O–H groups in total. The Morgan fingerprint density at radius 2 is 0.902 bits per heavy atom. The minimum Gasteiger partial charge on any atom is -0.308 e. The predicted octanol–water partition coefficient (Wildman–Crippen LogP) is 14.8. The van der Waals surface area contributed by atoms with Gasteiger partial charge in [0.1, 0.15) is 0 Å². The number of benzene rings is 9. The molecule has 0 aliphatic carbocycles. The first kappa shape index (κ1) is 34.8. The van der Waals surface area contributed by atoms with Gasteiger partial charge in [-0.25, -0.2) is 15.0 Å². The van der Waals surface area contributed by atoms with Crippen molar-refractivity contribution < 1.29 is 0 Å². The van der Waals surface area contributed by atoms with E-state index in [2.05, 4.69) is 199 Å². The molecular weight excluding hydrogens is 741 g/mol. The maximum Gasteiger partial charge on any atom is 0.160 e. The van der Waals surface area contributed by atoms with E-state index in [1.807, 2.05) is 24.3 Å². The molecule has 0 atom stereocenters. The SMILES string of the molecule is c1ccc(-c2cc(-c3ccc4ccc(-c5cccc6c7ccc8c(-c9ccccc9)nc9ccccc9c8c7n(-c7ccccc7)c56)cc4c3)nc(-c3ccccc3)n2)cc1. The molecule has 0 amide bonds. The molecule has 3 heterocycles. The van der Waals surface area contributed by atoms with Crippen LogP contribution < -0.4 is 0 Å². The van der Waals surface area contributed by atoms with Crippen LogP contribution in [0, 0.1) is 0 Å². The Bertz CT molecular complexity index is 3560. The molecular formula is C57H36N4. The smallest absolute Gasteiger partial charge is 0.160 e. The highest BCUT2D eigenvalue weighted by Gasteiger charge is 2.22. The molecule has 4 nitrogen and oxygen atoms in total. The second-order valence-electron chi connectivity index (χ2n) is 15.6. The van der Waals surface area contributed by atoms with Crippen LogP contribution in [-0.2, 0) is 0 Å². The third kappa shape index (κ3) is 5.88. The van der Waals surface area contributed by atoms with Gasteiger partial charge >= 0.3 is 0 Å². The first-order chi connectivity index (χ1) is 30.2. The second-order valence-corrected chi connectivity index (χ2v) is 15.6. The van der Waals surface area contributed by atoms with Crippen molar-refractivity contribution in [3.8, 4) is 62.0 Å². The largest absolute Gasteiger partial charge is 0.308 e. The predicted molar refractivity (Wildman–Crippen MR) is 254 cm³/mol. The Hall–Kier alpha value is -8.21. The summed E-state index contributed by atoms with van der Waals surface area (Å²) in [5, 5.41) is 8.19. The number of pyridine rings is 1. The van der Waals surface area contributed by atoms with Crippen molar-refractivity contribution >= 4 is 54.3 Å². The van der Waals surface area contributed by atoms with Gasteiger partial charge in [0.15, 0.2) is 5.82 Å². The number of nitrogens with zero attached hydrogens (tertiary/aromatic N) is 4. The topological polar surface area (TPSA) is 43.6 Å². The number of para-hydroxylation sites is 3. The highest BCUT2D eigenvalue weighted by atomic mass is 15.0. The standard InChI is InChI=1S/C57H36N4/c1-5-16-38(17-6-1)51-36-52(60-57(59-51)40-20-9-3-10-21-40)42-31-29-37-28-30-41(34-43(37)35-42)45-25-15-26-46-47-32-33-49-53(56(47)61(55(45)46)44-22-11-4-12-23-44)48-24-13-14-27-50(48)58-54(49)39-18-7-2-8-19-39/h1-36H. The van der Waals surface area contributed by atoms with E-state index in [1.54, 1.807) is 0 Å². The molecule has 0 aliphatic rings. The lowest BCUT2D eigenvalue weighted by atomic mass is 9.96. The number of rotatable bonds is 6. The summed E-state index contributed by atoms with van der Waals surface area (Å²) in [6, 6.07) is 77.4. The monoisotopic (exact) mass is 776 g/mol. The van der Waals surface area contributed by atoms with Crippen molar-refractivity contribution in [3.63, 3.8) is 0 Å². The normalized spacial score (nSPS) is 11.6. The molecule has 0 unspecified atom stereocenters. The van der Waals surface area contributed by atoms with Gasteiger partial charge in [0.2, 0.25) is 0 Å². The molecule has 0 spiro atoms. The molecule has 12 aromatic rings. The van der Waals surface area contributed by atoms with Crippen molar-refractivity contribution in [2.75, 3.05) is 0 Å². The highest BCUT2D eigenvalue weighted by molar-refractivity contribution is 6.28. The van der Waals surface area contributed by atoms with Gasteiger partial charge in [-0.1, -0.05) is 182 Å². The summed E-state index contributed by atoms with van der Waals surface area (Å²) in [6.07, 6.45) is 0. The zero-order valence-electron chi connectivity index (χ0n) is 33.1. The highest BCUT2D eigenvalue weighted by Crippen LogP contribution is 2.45. The zero-order chi connectivity index (χ0) is 40.3. The average molecular weight is 777 g/mol. The summed E-state index contributed by atoms with van der Waals surface area (Å²) >= 11 is 0. The van der Waals surface area contributed by atoms with Crippen molar-refractivity contribution in [2.45, 2.75) is 0 Å². The fourth-order valence-electron chi connectivity index (χ4n) is 9.11. The number of aromatic nitrogens is 4. The van der Waals surface area contributed by atoms with E-state index in [0.29, 0.717) is 5.82 Å². The quantitative estimate of drug-likeness (QED) is 0.158. The van der Waals surface area contributed by atoms with Crippen LogP contribution in [0.4, 0.5) is 0 Å². The zero-order valence-corrected chi connectivity index (χ0v) is 33.1. The Labute approximate surface area is 352 Å². The third-order valence-electron chi connectivity index (χ3n) is 11.9. The summed E-state index contributed by atoms with van der Waals surface area (Å²) < 4.78 is 2.49. The van der Waals surface area contributed by atoms with E-state index in [-0.39, 0.29) is 0 Å². The van der Waals surface area contributed by atoms with Crippen LogP contribution >= 0.6 is 0 Å². The van der Waals surface area contributed by atoms with Gasteiger partial charge in [-0.2, -0.15) is 0 Å². The fraction of sp³-hybridized carbons (Fsp3) is 0. The Kier molecular flexibility index (Phi) is 8.13. The van der Waals surface area contributed by atoms with E-state index in [9.17, 15) is 0 Å². The molecule has 9 aromatic carbocycles. The fourth-order valence-corrected chi connectivity index (χ4v) is 9.11. The summed E-state index contributed by atoms with van der Waals surface area (Å²) in [7, 11) is 0. The van der Waals surface area contributed by atoms with E-state index < -0.39 is 0 Å². The van der Waals surface area contributed by atoms with Crippen LogP contribution in [0.25, 0.3) is 116 Å². The molecule has 0 bridgehead atoms. The van der Waals surface area contributed by atoms with Gasteiger partial charge in [-0.3, -0.25) is 0 Å². The first-order valence-electron chi connectivity index (χ1n) is 20.7. The maximum absolute atomic E-state index is 5.28. The molecule has 4 heteroatoms. The summed E-state index contributed by atoms with van der Waals surface area (Å²) in [5.74, 6) is 0.707. The molecule has 284 valence electrons. The van der Waals surface area contributed by atoms with Gasteiger partial charge < -0.3 is 4.57 Å². The maximum atomic E-state index is 5.28. The van der Waals surface area contributed by atoms with Gasteiger partial charge in [-0.05, 0) is 52.7 Å². The van der Waals surface area contributed by atoms with E-state index in [1.165, 1.54) is 38.1 Å². The van der Waals surface area contributed by atoms with Crippen molar-refractivity contribution in [3.05, 3.63) is 218 Å². The molecule has 3 aromatic heterocycles. The Balaban J connectivity index is 1.10. The van der Waals surface area contributed by atoms with E-state index >= 15 is 0 Å². The van der Waals surface area contributed by atoms with Crippen molar-refractivity contribution in [2.24, 2.45) is 0 Å². The molecule has 0 aliphatic heterocycles. The Morgan fingerprint density at radius 1 is 0.328 bits per heavy atom. The minimum atomic E-state index is 0.707. The third-order valence-corrected chi connectivity index (χ3v) is 11.9. The Morgan fingerprint density at radius 3 is 1.66 bits per heavy atom. The van der Waals surface area contributed by atoms with Crippen molar-refractivity contribution in [1.29, 1.82) is 0 Å². The van der Waals surface area contributed by atoms with Crippen molar-refractivity contribution in [1.82, 2.24) is 19.5 Å². The molecule has 61 heavy (non-hydrogen) atoms. The molecule has 0 saturated carbocycles. The second kappa shape index (κ2) is 14.3. The van der Waals surface area contributed by atoms with Crippen LogP contribution in [0.15, 0.2) is 218 Å². The molecule has 12 rings (SSSR count). The lowest BCUT2D eigenvalue weighted by Gasteiger charge is -2.15. The molecule has 0 saturated heterocycles. The lowest BCUT2D eigenvalue weighted by molar-refractivity contribution is 1.18. The summed E-state index contributed by atoms with van der Waals surface area (Å²) in [6.45, 7) is 0. The van der Waals surface area contributed by atoms with E-state index in [4.69, 9.17) is 15.0 Å². The lowest BCUT2D eigenvalue weighted by Crippen LogP contribution is -1.97. The van der Waals surface area contributed by atoms with Gasteiger partial charge in [0.05, 0.1) is 33.6 Å². The number of hydrogen-bond donors (Lipinski definition) is 0. The van der Waals surface area contributed by atoms with Gasteiger partial charge in [-0.15, -0.1) is 0 Å². The molecule has 0 radical (unpaired) electrons. The van der Waals surface area contributed by atoms with E-state index in [0.717, 1.165) is 72.3 Å². The number of fused-ring (bicyclic) bond motifs is 8. The van der Waals surface area contributed by atoms with Crippen LogP contribution in [-0.4, -0.2) is 19.5 Å². The van der Waals surface area contributed by atoms with Crippen LogP contribution in [0.1, 0.15) is 0 Å². The number of hydrogen-bond acceptors (Lipinski definition) is 3. The van der Waals surface area contributed by atoms with Crippen LogP contribution in [0.3, 0.4) is 0 Å². The minimum absolute atomic E-state index is 0.707. The van der Waals surface area contributed by atoms with Gasteiger partial charge in [0, 0.05) is 60.4 Å². The van der Waals surface area contributed by atoms with Gasteiger partial charge in [0.25, 0.3) is 0 Å². The average Bonchev–Trinajstić information content (AvgIpc) is 3.69. The van der Waals surface area contributed by atoms with Crippen LogP contribution in [0.5, 0.6) is 0 Å². The first-order valence-corrected chi connectivity index (χ1v) is 20.7. The summed E-state index contributed by atoms with van der Waals surface area (Å²) in [4.78, 5) is 15.5. The molecule has 0 fully saturated rings. The van der Waals surface area contributed by atoms with Crippen LogP contribution in [0.2, 0.25) is 0 Å². The summed E-state index contributed by atoms with van der Waals surface area (Å²) in [5.41, 5.74) is 13.7.